The van der Waals surface area contributed by atoms with E-state index in [0.29, 0.717) is 34.7 Å². The second-order valence-corrected chi connectivity index (χ2v) is 6.78. The maximum absolute atomic E-state index is 6.25. The molecule has 0 radical (unpaired) electrons. The van der Waals surface area contributed by atoms with Gasteiger partial charge in [-0.15, -0.1) is 24.8 Å². The van der Waals surface area contributed by atoms with Gasteiger partial charge in [0.2, 0.25) is 0 Å². The molecule has 0 saturated heterocycles. The Morgan fingerprint density at radius 1 is 0.931 bits per heavy atom. The highest BCUT2D eigenvalue weighted by atomic mass is 35.5. The van der Waals surface area contributed by atoms with Gasteiger partial charge in [-0.25, -0.2) is 0 Å². The molecule has 2 aromatic carbocycles. The summed E-state index contributed by atoms with van der Waals surface area (Å²) in [7, 11) is 1.63. The lowest BCUT2D eigenvalue weighted by Crippen LogP contribution is -2.14. The predicted octanol–water partition coefficient (Wildman–Crippen LogP) is 6.11. The predicted molar refractivity (Wildman–Crippen MR) is 123 cm³/mol. The largest absolute Gasteiger partial charge is 0.493 e. The molecule has 0 aliphatic rings. The van der Waals surface area contributed by atoms with Gasteiger partial charge in [0.15, 0.2) is 11.5 Å². The number of nitrogens with one attached hydrogen (secondary N) is 1. The van der Waals surface area contributed by atoms with Gasteiger partial charge >= 0.3 is 0 Å². The van der Waals surface area contributed by atoms with Crippen LogP contribution in [0.1, 0.15) is 16.7 Å². The quantitative estimate of drug-likeness (QED) is 0.426. The van der Waals surface area contributed by atoms with E-state index in [-0.39, 0.29) is 24.8 Å². The molecule has 0 amide bonds. The topological polar surface area (TPSA) is 43.4 Å². The Morgan fingerprint density at radius 3 is 2.38 bits per heavy atom. The van der Waals surface area contributed by atoms with Gasteiger partial charge < -0.3 is 14.8 Å². The molecule has 29 heavy (non-hydrogen) atoms. The van der Waals surface area contributed by atoms with Crippen molar-refractivity contribution in [3.05, 3.63) is 87.7 Å². The maximum atomic E-state index is 6.25. The highest BCUT2D eigenvalue weighted by Crippen LogP contribution is 2.32. The van der Waals surface area contributed by atoms with E-state index in [1.807, 2.05) is 36.4 Å². The summed E-state index contributed by atoms with van der Waals surface area (Å²) in [5.41, 5.74) is 3.04. The lowest BCUT2D eigenvalue weighted by Gasteiger charge is -2.16. The van der Waals surface area contributed by atoms with Gasteiger partial charge in [-0.3, -0.25) is 4.98 Å². The van der Waals surface area contributed by atoms with Crippen LogP contribution in [0.15, 0.2) is 60.9 Å². The first kappa shape index (κ1) is 25.3. The fourth-order valence-corrected chi connectivity index (χ4v) is 3.12. The molecule has 0 bridgehead atoms. The molecule has 0 aliphatic carbocycles. The van der Waals surface area contributed by atoms with Crippen molar-refractivity contribution in [1.29, 1.82) is 0 Å². The summed E-state index contributed by atoms with van der Waals surface area (Å²) < 4.78 is 11.5. The van der Waals surface area contributed by atoms with Gasteiger partial charge in [0, 0.05) is 46.7 Å². The molecule has 4 nitrogen and oxygen atoms in total. The molecule has 3 aromatic rings. The second-order valence-electron chi connectivity index (χ2n) is 5.93. The fraction of sp³-hybridized carbons (Fsp3) is 0.190. The zero-order chi connectivity index (χ0) is 19.1. The number of methoxy groups -OCH3 is 1. The molecule has 0 fully saturated rings. The number of hydrogen-bond acceptors (Lipinski definition) is 4. The molecule has 0 atom stereocenters. The minimum Gasteiger partial charge on any atom is -0.493 e. The van der Waals surface area contributed by atoms with E-state index in [4.69, 9.17) is 32.7 Å². The molecule has 0 saturated carbocycles. The van der Waals surface area contributed by atoms with Crippen molar-refractivity contribution in [2.75, 3.05) is 7.11 Å². The number of benzene rings is 2. The molecule has 1 heterocycles. The van der Waals surface area contributed by atoms with Crippen LogP contribution in [0, 0.1) is 0 Å². The number of hydrogen-bond donors (Lipinski definition) is 1. The van der Waals surface area contributed by atoms with Crippen LogP contribution in [0.5, 0.6) is 11.5 Å². The van der Waals surface area contributed by atoms with E-state index >= 15 is 0 Å². The standard InChI is InChI=1S/C21H20Cl2N2O2.2ClH/c1-26-20-4-2-3-16(13-25-12-15-7-9-24-10-8-15)21(20)27-14-17-5-6-18(22)11-19(17)23;;/h2-11,25H,12-14H2,1H3;2*1H. The summed E-state index contributed by atoms with van der Waals surface area (Å²) in [6.07, 6.45) is 3.57. The van der Waals surface area contributed by atoms with Crippen LogP contribution in [0.3, 0.4) is 0 Å². The molecule has 0 aliphatic heterocycles. The third-order valence-electron chi connectivity index (χ3n) is 4.06. The normalized spacial score (nSPS) is 9.90. The average Bonchev–Trinajstić information content (AvgIpc) is 2.68. The van der Waals surface area contributed by atoms with E-state index in [2.05, 4.69) is 10.3 Å². The molecule has 1 aromatic heterocycles. The summed E-state index contributed by atoms with van der Waals surface area (Å²) in [6.45, 7) is 1.71. The molecule has 0 unspecified atom stereocenters. The molecular formula is C21H22Cl4N2O2. The number of aromatic nitrogens is 1. The molecule has 0 spiro atoms. The van der Waals surface area contributed by atoms with Gasteiger partial charge in [-0.1, -0.05) is 41.4 Å². The van der Waals surface area contributed by atoms with Crippen molar-refractivity contribution in [2.24, 2.45) is 0 Å². The third kappa shape index (κ3) is 7.25. The van der Waals surface area contributed by atoms with Crippen LogP contribution in [0.4, 0.5) is 0 Å². The van der Waals surface area contributed by atoms with E-state index in [9.17, 15) is 0 Å². The highest BCUT2D eigenvalue weighted by Gasteiger charge is 2.12. The lowest BCUT2D eigenvalue weighted by molar-refractivity contribution is 0.280. The van der Waals surface area contributed by atoms with Crippen molar-refractivity contribution in [2.45, 2.75) is 19.7 Å². The molecule has 156 valence electrons. The lowest BCUT2D eigenvalue weighted by atomic mass is 10.1. The molecule has 8 heteroatoms. The molecule has 1 N–H and O–H groups in total. The van der Waals surface area contributed by atoms with Gasteiger partial charge in [0.1, 0.15) is 6.61 Å². The Morgan fingerprint density at radius 2 is 1.69 bits per heavy atom. The Kier molecular flexibility index (Phi) is 11.2. The Bertz CT molecular complexity index is 895. The number of ether oxygens (including phenoxy) is 2. The minimum absolute atomic E-state index is 0. The number of pyridine rings is 1. The first-order valence-electron chi connectivity index (χ1n) is 8.49. The molecular weight excluding hydrogens is 454 g/mol. The zero-order valence-electron chi connectivity index (χ0n) is 15.7. The van der Waals surface area contributed by atoms with Crippen molar-refractivity contribution in [3.8, 4) is 11.5 Å². The van der Waals surface area contributed by atoms with Crippen LogP contribution >= 0.6 is 48.0 Å². The summed E-state index contributed by atoms with van der Waals surface area (Å²) in [5, 5.41) is 4.60. The number of rotatable bonds is 8. The summed E-state index contributed by atoms with van der Waals surface area (Å²) >= 11 is 12.2. The smallest absolute Gasteiger partial charge is 0.166 e. The monoisotopic (exact) mass is 474 g/mol. The fourth-order valence-electron chi connectivity index (χ4n) is 2.66. The number of para-hydroxylation sites is 1. The number of nitrogens with zero attached hydrogens (tertiary/aromatic N) is 1. The van der Waals surface area contributed by atoms with Gasteiger partial charge in [-0.2, -0.15) is 0 Å². The average molecular weight is 476 g/mol. The van der Waals surface area contributed by atoms with E-state index < -0.39 is 0 Å². The summed E-state index contributed by atoms with van der Waals surface area (Å²) in [5.74, 6) is 1.39. The third-order valence-corrected chi connectivity index (χ3v) is 4.65. The Balaban J connectivity index is 0.00000210. The van der Waals surface area contributed by atoms with Crippen LogP contribution < -0.4 is 14.8 Å². The van der Waals surface area contributed by atoms with Gasteiger partial charge in [0.25, 0.3) is 0 Å². The van der Waals surface area contributed by atoms with Crippen molar-refractivity contribution in [1.82, 2.24) is 10.3 Å². The van der Waals surface area contributed by atoms with Gasteiger partial charge in [0.05, 0.1) is 7.11 Å². The summed E-state index contributed by atoms with van der Waals surface area (Å²) in [4.78, 5) is 4.03. The molecule has 3 rings (SSSR count). The Labute approximate surface area is 193 Å². The SMILES string of the molecule is COc1cccc(CNCc2ccncc2)c1OCc1ccc(Cl)cc1Cl.Cl.Cl. The van der Waals surface area contributed by atoms with E-state index in [1.54, 1.807) is 31.6 Å². The van der Waals surface area contributed by atoms with Crippen LogP contribution in [-0.4, -0.2) is 12.1 Å². The van der Waals surface area contributed by atoms with Gasteiger partial charge in [-0.05, 0) is 35.9 Å². The first-order valence-corrected chi connectivity index (χ1v) is 9.25. The van der Waals surface area contributed by atoms with Crippen molar-refractivity contribution >= 4 is 48.0 Å². The van der Waals surface area contributed by atoms with Crippen molar-refractivity contribution < 1.29 is 9.47 Å². The second kappa shape index (κ2) is 12.8. The van der Waals surface area contributed by atoms with Crippen LogP contribution in [0.2, 0.25) is 10.0 Å². The number of halogens is 4. The first-order chi connectivity index (χ1) is 13.2. The van der Waals surface area contributed by atoms with E-state index in [0.717, 1.165) is 17.7 Å². The van der Waals surface area contributed by atoms with E-state index in [1.165, 1.54) is 5.56 Å². The minimum atomic E-state index is 0. The summed E-state index contributed by atoms with van der Waals surface area (Å²) in [6, 6.07) is 15.2. The van der Waals surface area contributed by atoms with Crippen molar-refractivity contribution in [3.63, 3.8) is 0 Å². The van der Waals surface area contributed by atoms with Crippen LogP contribution in [-0.2, 0) is 19.7 Å². The maximum Gasteiger partial charge on any atom is 0.166 e. The van der Waals surface area contributed by atoms with Crippen LogP contribution in [0.25, 0.3) is 0 Å². The highest BCUT2D eigenvalue weighted by molar-refractivity contribution is 6.35. The zero-order valence-corrected chi connectivity index (χ0v) is 18.9. The Hall–Kier alpha value is -1.69.